The Morgan fingerprint density at radius 3 is 2.40 bits per heavy atom. The van der Waals surface area contributed by atoms with Crippen LogP contribution in [0.2, 0.25) is 0 Å². The summed E-state index contributed by atoms with van der Waals surface area (Å²) in [5, 5.41) is 0. The van der Waals surface area contributed by atoms with Gasteiger partial charge in [-0.05, 0) is 54.0 Å². The van der Waals surface area contributed by atoms with E-state index in [1.807, 2.05) is 0 Å². The molecule has 0 saturated carbocycles. The number of hydrogen-bond donors (Lipinski definition) is 0. The molecule has 1 aliphatic carbocycles. The number of benzene rings is 2. The van der Waals surface area contributed by atoms with Crippen LogP contribution in [0.4, 0.5) is 0 Å². The predicted molar refractivity (Wildman–Crippen MR) is 87.5 cm³/mol. The fourth-order valence-electron chi connectivity index (χ4n) is 2.73. The largest absolute Gasteiger partial charge is 0.0882 e. The first-order valence-corrected chi connectivity index (χ1v) is 7.43. The predicted octanol–water partition coefficient (Wildman–Crippen LogP) is 5.87. The van der Waals surface area contributed by atoms with Crippen molar-refractivity contribution in [1.29, 1.82) is 0 Å². The van der Waals surface area contributed by atoms with E-state index in [0.29, 0.717) is 0 Å². The van der Waals surface area contributed by atoms with Crippen molar-refractivity contribution in [2.24, 2.45) is 0 Å². The summed E-state index contributed by atoms with van der Waals surface area (Å²) in [4.78, 5) is 0. The molecule has 3 rings (SSSR count). The topological polar surface area (TPSA) is 0 Å². The smallest absolute Gasteiger partial charge is 0.0163 e. The van der Waals surface area contributed by atoms with Crippen molar-refractivity contribution >= 4 is 5.57 Å². The summed E-state index contributed by atoms with van der Waals surface area (Å²) in [7, 11) is 0. The van der Waals surface area contributed by atoms with Gasteiger partial charge in [-0.15, -0.1) is 0 Å². The Balaban J connectivity index is 1.93. The van der Waals surface area contributed by atoms with Gasteiger partial charge in [0.05, 0.1) is 0 Å². The molecule has 0 amide bonds. The summed E-state index contributed by atoms with van der Waals surface area (Å²) in [6.07, 6.45) is 11.6. The van der Waals surface area contributed by atoms with Gasteiger partial charge in [-0.25, -0.2) is 0 Å². The molecular weight excluding hydrogens is 240 g/mol. The summed E-state index contributed by atoms with van der Waals surface area (Å²) in [5.41, 5.74) is 5.47. The van der Waals surface area contributed by atoms with Crippen LogP contribution in [-0.4, -0.2) is 0 Å². The maximum Gasteiger partial charge on any atom is -0.0163 e. The first kappa shape index (κ1) is 12.9. The lowest BCUT2D eigenvalue weighted by Crippen LogP contribution is -1.89. The molecule has 0 aromatic heterocycles. The van der Waals surface area contributed by atoms with Gasteiger partial charge in [-0.2, -0.15) is 0 Å². The molecule has 0 fully saturated rings. The molecule has 0 atom stereocenters. The normalized spacial score (nSPS) is 19.5. The zero-order valence-corrected chi connectivity index (χ0v) is 11.8. The van der Waals surface area contributed by atoms with Crippen LogP contribution in [0.25, 0.3) is 16.7 Å². The standard InChI is InChI=1S/C20H20/c1-2-5-10-17(11-6-3-1)19-14-9-15-20(16-19)18-12-7-4-8-13-18/h1-2,4,7-10,12-16H,3,5-6,11H2/b2-1-,17-10+. The van der Waals surface area contributed by atoms with Crippen molar-refractivity contribution in [3.63, 3.8) is 0 Å². The van der Waals surface area contributed by atoms with E-state index < -0.39 is 0 Å². The minimum absolute atomic E-state index is 1.06. The van der Waals surface area contributed by atoms with E-state index in [9.17, 15) is 0 Å². The fourth-order valence-corrected chi connectivity index (χ4v) is 2.73. The molecule has 0 unspecified atom stereocenters. The van der Waals surface area contributed by atoms with Gasteiger partial charge >= 0.3 is 0 Å². The Bertz CT molecular complexity index is 617. The van der Waals surface area contributed by atoms with Gasteiger partial charge in [0.25, 0.3) is 0 Å². The maximum atomic E-state index is 2.37. The van der Waals surface area contributed by atoms with E-state index in [1.165, 1.54) is 41.5 Å². The molecule has 2 aromatic rings. The molecule has 100 valence electrons. The third kappa shape index (κ3) is 3.08. The molecular formula is C20H20. The molecule has 0 nitrogen and oxygen atoms in total. The summed E-state index contributed by atoms with van der Waals surface area (Å²) < 4.78 is 0. The lowest BCUT2D eigenvalue weighted by atomic mass is 9.94. The first-order valence-electron chi connectivity index (χ1n) is 7.43. The first-order chi connectivity index (χ1) is 9.93. The van der Waals surface area contributed by atoms with Crippen LogP contribution < -0.4 is 0 Å². The van der Waals surface area contributed by atoms with E-state index in [4.69, 9.17) is 0 Å². The Morgan fingerprint density at radius 1 is 0.700 bits per heavy atom. The van der Waals surface area contributed by atoms with Gasteiger partial charge in [-0.1, -0.05) is 66.8 Å². The molecule has 0 N–H and O–H groups in total. The second-order valence-corrected chi connectivity index (χ2v) is 5.28. The number of hydrogen-bond acceptors (Lipinski definition) is 0. The summed E-state index contributed by atoms with van der Waals surface area (Å²) in [5.74, 6) is 0. The average molecular weight is 260 g/mol. The zero-order chi connectivity index (χ0) is 13.6. The highest BCUT2D eigenvalue weighted by Crippen LogP contribution is 2.27. The van der Waals surface area contributed by atoms with Crippen LogP contribution in [-0.2, 0) is 0 Å². The lowest BCUT2D eigenvalue weighted by Gasteiger charge is -2.11. The van der Waals surface area contributed by atoms with E-state index in [2.05, 4.69) is 72.8 Å². The summed E-state index contributed by atoms with van der Waals surface area (Å²) >= 11 is 0. The molecule has 0 spiro atoms. The molecule has 0 heterocycles. The number of allylic oxidation sites excluding steroid dienone is 4. The van der Waals surface area contributed by atoms with Crippen LogP contribution in [0.15, 0.2) is 72.8 Å². The monoisotopic (exact) mass is 260 g/mol. The average Bonchev–Trinajstić information content (AvgIpc) is 2.48. The highest BCUT2D eigenvalue weighted by Gasteiger charge is 2.04. The fraction of sp³-hybridized carbons (Fsp3) is 0.200. The van der Waals surface area contributed by atoms with E-state index in [1.54, 1.807) is 0 Å². The molecule has 0 heteroatoms. The second kappa shape index (κ2) is 6.38. The van der Waals surface area contributed by atoms with Crippen LogP contribution in [0.3, 0.4) is 0 Å². The van der Waals surface area contributed by atoms with Crippen molar-refractivity contribution in [1.82, 2.24) is 0 Å². The minimum atomic E-state index is 1.06. The van der Waals surface area contributed by atoms with Crippen molar-refractivity contribution in [2.75, 3.05) is 0 Å². The third-order valence-corrected chi connectivity index (χ3v) is 3.82. The Morgan fingerprint density at radius 2 is 1.50 bits per heavy atom. The van der Waals surface area contributed by atoms with Gasteiger partial charge in [-0.3, -0.25) is 0 Å². The van der Waals surface area contributed by atoms with Crippen molar-refractivity contribution < 1.29 is 0 Å². The lowest BCUT2D eigenvalue weighted by molar-refractivity contribution is 0.869. The second-order valence-electron chi connectivity index (χ2n) is 5.28. The van der Waals surface area contributed by atoms with Gasteiger partial charge in [0, 0.05) is 0 Å². The molecule has 0 bridgehead atoms. The van der Waals surface area contributed by atoms with Crippen LogP contribution >= 0.6 is 0 Å². The molecule has 0 aliphatic heterocycles. The molecule has 20 heavy (non-hydrogen) atoms. The van der Waals surface area contributed by atoms with Crippen LogP contribution in [0, 0.1) is 0 Å². The SMILES string of the molecule is C1=C\CCC/C(c2cccc(-c3ccccc3)c2)=C\C/1. The van der Waals surface area contributed by atoms with E-state index in [0.717, 1.165) is 6.42 Å². The molecule has 1 aliphatic rings. The third-order valence-electron chi connectivity index (χ3n) is 3.82. The van der Waals surface area contributed by atoms with Gasteiger partial charge in [0.15, 0.2) is 0 Å². The molecule has 2 aromatic carbocycles. The van der Waals surface area contributed by atoms with Crippen molar-refractivity contribution in [3.05, 3.63) is 78.4 Å². The van der Waals surface area contributed by atoms with E-state index >= 15 is 0 Å². The number of rotatable bonds is 2. The Kier molecular flexibility index (Phi) is 4.13. The van der Waals surface area contributed by atoms with E-state index in [-0.39, 0.29) is 0 Å². The highest BCUT2D eigenvalue weighted by atomic mass is 14.1. The molecule has 0 radical (unpaired) electrons. The highest BCUT2D eigenvalue weighted by molar-refractivity contribution is 5.72. The molecule has 0 saturated heterocycles. The van der Waals surface area contributed by atoms with Crippen LogP contribution in [0.1, 0.15) is 31.2 Å². The van der Waals surface area contributed by atoms with Crippen LogP contribution in [0.5, 0.6) is 0 Å². The quantitative estimate of drug-likeness (QED) is 0.593. The summed E-state index contributed by atoms with van der Waals surface area (Å²) in [6, 6.07) is 19.6. The summed E-state index contributed by atoms with van der Waals surface area (Å²) in [6.45, 7) is 0. The van der Waals surface area contributed by atoms with Crippen molar-refractivity contribution in [2.45, 2.75) is 25.7 Å². The van der Waals surface area contributed by atoms with Gasteiger partial charge < -0.3 is 0 Å². The van der Waals surface area contributed by atoms with Gasteiger partial charge in [0.2, 0.25) is 0 Å². The van der Waals surface area contributed by atoms with Crippen molar-refractivity contribution in [3.8, 4) is 11.1 Å². The van der Waals surface area contributed by atoms with Gasteiger partial charge in [0.1, 0.15) is 0 Å². The zero-order valence-electron chi connectivity index (χ0n) is 11.8. The Hall–Kier alpha value is -2.08. The Labute approximate surface area is 121 Å². The maximum absolute atomic E-state index is 2.37. The minimum Gasteiger partial charge on any atom is -0.0882 e.